The number of rotatable bonds is 3. The average molecular weight is 250 g/mol. The van der Waals surface area contributed by atoms with Crippen LogP contribution in [0, 0.1) is 11.3 Å². The molecule has 19 heavy (non-hydrogen) atoms. The van der Waals surface area contributed by atoms with E-state index in [1.807, 2.05) is 42.5 Å². The Labute approximate surface area is 109 Å². The summed E-state index contributed by atoms with van der Waals surface area (Å²) in [5.41, 5.74) is 1.94. The van der Waals surface area contributed by atoms with Gasteiger partial charge in [-0.3, -0.25) is 0 Å². The molecule has 0 aliphatic rings. The fourth-order valence-electron chi connectivity index (χ4n) is 1.93. The van der Waals surface area contributed by atoms with Crippen molar-refractivity contribution >= 4 is 0 Å². The van der Waals surface area contributed by atoms with Gasteiger partial charge in [-0.25, -0.2) is 4.68 Å². The first-order chi connectivity index (χ1) is 9.38. The first-order valence-electron chi connectivity index (χ1n) is 5.80. The van der Waals surface area contributed by atoms with Crippen LogP contribution in [0.25, 0.3) is 11.3 Å². The van der Waals surface area contributed by atoms with E-state index in [9.17, 15) is 0 Å². The van der Waals surface area contributed by atoms with E-state index in [1.54, 1.807) is 10.9 Å². The van der Waals surface area contributed by atoms with E-state index < -0.39 is 0 Å². The van der Waals surface area contributed by atoms with Crippen LogP contribution in [0.15, 0.2) is 53.1 Å². The van der Waals surface area contributed by atoms with Crippen LogP contribution >= 0.6 is 0 Å². The van der Waals surface area contributed by atoms with Gasteiger partial charge in [-0.1, -0.05) is 35.5 Å². The summed E-state index contributed by atoms with van der Waals surface area (Å²) in [6.45, 7) is 0.450. The zero-order chi connectivity index (χ0) is 13.1. The second-order valence-corrected chi connectivity index (χ2v) is 4.00. The SMILES string of the molecule is N#Cc1nnn(Cc2ccco2)c1-c1ccccc1. The van der Waals surface area contributed by atoms with Gasteiger partial charge >= 0.3 is 0 Å². The topological polar surface area (TPSA) is 67.6 Å². The minimum absolute atomic E-state index is 0.317. The molecule has 0 radical (unpaired) electrons. The lowest BCUT2D eigenvalue weighted by atomic mass is 10.1. The van der Waals surface area contributed by atoms with Crippen molar-refractivity contribution in [2.45, 2.75) is 6.54 Å². The molecular formula is C14H10N4O. The maximum Gasteiger partial charge on any atom is 0.190 e. The van der Waals surface area contributed by atoms with Crippen molar-refractivity contribution in [2.24, 2.45) is 0 Å². The van der Waals surface area contributed by atoms with E-state index >= 15 is 0 Å². The molecule has 0 amide bonds. The lowest BCUT2D eigenvalue weighted by Gasteiger charge is -2.04. The predicted molar refractivity (Wildman–Crippen MR) is 68.0 cm³/mol. The first-order valence-corrected chi connectivity index (χ1v) is 5.80. The molecule has 0 N–H and O–H groups in total. The van der Waals surface area contributed by atoms with E-state index in [0.29, 0.717) is 17.9 Å². The molecule has 0 saturated heterocycles. The summed E-state index contributed by atoms with van der Waals surface area (Å²) < 4.78 is 6.97. The summed E-state index contributed by atoms with van der Waals surface area (Å²) in [6, 6.07) is 15.4. The minimum atomic E-state index is 0.317. The normalized spacial score (nSPS) is 10.3. The molecule has 0 saturated carbocycles. The van der Waals surface area contributed by atoms with Gasteiger partial charge in [-0.2, -0.15) is 5.26 Å². The molecule has 3 rings (SSSR count). The Morgan fingerprint density at radius 1 is 1.16 bits per heavy atom. The highest BCUT2D eigenvalue weighted by molar-refractivity contribution is 5.64. The Kier molecular flexibility index (Phi) is 2.83. The summed E-state index contributed by atoms with van der Waals surface area (Å²) in [6.07, 6.45) is 1.61. The molecule has 0 bridgehead atoms. The van der Waals surface area contributed by atoms with Gasteiger partial charge in [0.15, 0.2) is 5.69 Å². The smallest absolute Gasteiger partial charge is 0.190 e. The molecule has 3 aromatic rings. The second-order valence-electron chi connectivity index (χ2n) is 4.00. The summed E-state index contributed by atoms with van der Waals surface area (Å²) in [7, 11) is 0. The number of nitriles is 1. The zero-order valence-electron chi connectivity index (χ0n) is 10.0. The summed E-state index contributed by atoms with van der Waals surface area (Å²) in [5.74, 6) is 0.770. The highest BCUT2D eigenvalue weighted by Crippen LogP contribution is 2.22. The lowest BCUT2D eigenvalue weighted by molar-refractivity contribution is 0.477. The molecule has 0 aliphatic carbocycles. The van der Waals surface area contributed by atoms with Crippen LogP contribution in [0.3, 0.4) is 0 Å². The van der Waals surface area contributed by atoms with Crippen molar-refractivity contribution in [1.82, 2.24) is 15.0 Å². The van der Waals surface area contributed by atoms with Gasteiger partial charge in [0, 0.05) is 5.56 Å². The Morgan fingerprint density at radius 2 is 2.00 bits per heavy atom. The van der Waals surface area contributed by atoms with E-state index in [0.717, 1.165) is 11.3 Å². The monoisotopic (exact) mass is 250 g/mol. The van der Waals surface area contributed by atoms with Crippen molar-refractivity contribution in [3.63, 3.8) is 0 Å². The fraction of sp³-hybridized carbons (Fsp3) is 0.0714. The highest BCUT2D eigenvalue weighted by Gasteiger charge is 2.15. The van der Waals surface area contributed by atoms with Crippen LogP contribution in [-0.4, -0.2) is 15.0 Å². The van der Waals surface area contributed by atoms with Crippen molar-refractivity contribution < 1.29 is 4.42 Å². The highest BCUT2D eigenvalue weighted by atomic mass is 16.3. The fourth-order valence-corrected chi connectivity index (χ4v) is 1.93. The second kappa shape index (κ2) is 4.78. The van der Waals surface area contributed by atoms with Crippen LogP contribution < -0.4 is 0 Å². The molecule has 0 aliphatic heterocycles. The first kappa shape index (κ1) is 11.2. The third-order valence-corrected chi connectivity index (χ3v) is 2.77. The van der Waals surface area contributed by atoms with Crippen molar-refractivity contribution in [1.29, 1.82) is 5.26 Å². The van der Waals surface area contributed by atoms with Gasteiger partial charge in [-0.15, -0.1) is 5.10 Å². The number of aromatic nitrogens is 3. The van der Waals surface area contributed by atoms with Crippen LogP contribution in [0.1, 0.15) is 11.5 Å². The standard InChI is InChI=1S/C14H10N4O/c15-9-13-14(11-5-2-1-3-6-11)18(17-16-13)10-12-7-4-8-19-12/h1-8H,10H2. The van der Waals surface area contributed by atoms with Crippen molar-refractivity contribution in [3.8, 4) is 17.3 Å². The van der Waals surface area contributed by atoms with E-state index in [4.69, 9.17) is 9.68 Å². The third kappa shape index (κ3) is 2.11. The summed E-state index contributed by atoms with van der Waals surface area (Å²) in [5, 5.41) is 17.1. The molecule has 2 heterocycles. The summed E-state index contributed by atoms with van der Waals surface area (Å²) >= 11 is 0. The molecule has 5 heteroatoms. The zero-order valence-corrected chi connectivity index (χ0v) is 10.0. The van der Waals surface area contributed by atoms with Gasteiger partial charge in [-0.05, 0) is 12.1 Å². The van der Waals surface area contributed by atoms with Gasteiger partial charge in [0.1, 0.15) is 24.1 Å². The quantitative estimate of drug-likeness (QED) is 0.716. The van der Waals surface area contributed by atoms with Gasteiger partial charge in [0.25, 0.3) is 0 Å². The Balaban J connectivity index is 2.07. The molecular weight excluding hydrogens is 240 g/mol. The van der Waals surface area contributed by atoms with Crippen LogP contribution in [0.2, 0.25) is 0 Å². The molecule has 5 nitrogen and oxygen atoms in total. The Morgan fingerprint density at radius 3 is 2.68 bits per heavy atom. The number of hydrogen-bond donors (Lipinski definition) is 0. The van der Waals surface area contributed by atoms with Crippen LogP contribution in [0.5, 0.6) is 0 Å². The maximum absolute atomic E-state index is 9.13. The largest absolute Gasteiger partial charge is 0.467 e. The van der Waals surface area contributed by atoms with Crippen molar-refractivity contribution in [3.05, 3.63) is 60.2 Å². The number of nitrogens with zero attached hydrogens (tertiary/aromatic N) is 4. The number of furan rings is 1. The van der Waals surface area contributed by atoms with Crippen molar-refractivity contribution in [2.75, 3.05) is 0 Å². The Bertz CT molecular complexity index is 708. The molecule has 92 valence electrons. The molecule has 1 aromatic carbocycles. The number of hydrogen-bond acceptors (Lipinski definition) is 4. The number of benzene rings is 1. The predicted octanol–water partition coefficient (Wildman–Crippen LogP) is 2.46. The van der Waals surface area contributed by atoms with E-state index in [2.05, 4.69) is 16.4 Å². The molecule has 2 aromatic heterocycles. The van der Waals surface area contributed by atoms with Gasteiger partial charge in [0.05, 0.1) is 6.26 Å². The molecule has 0 fully saturated rings. The molecule has 0 atom stereocenters. The van der Waals surface area contributed by atoms with Gasteiger partial charge < -0.3 is 4.42 Å². The van der Waals surface area contributed by atoms with Crippen LogP contribution in [0.4, 0.5) is 0 Å². The average Bonchev–Trinajstić information content (AvgIpc) is 3.09. The van der Waals surface area contributed by atoms with Gasteiger partial charge in [0.2, 0.25) is 0 Å². The van der Waals surface area contributed by atoms with Crippen LogP contribution in [-0.2, 0) is 6.54 Å². The van der Waals surface area contributed by atoms with E-state index in [1.165, 1.54) is 0 Å². The summed E-state index contributed by atoms with van der Waals surface area (Å²) in [4.78, 5) is 0. The Hall–Kier alpha value is -2.87. The third-order valence-electron chi connectivity index (χ3n) is 2.77. The maximum atomic E-state index is 9.13. The molecule has 0 unspecified atom stereocenters. The lowest BCUT2D eigenvalue weighted by Crippen LogP contribution is -2.03. The minimum Gasteiger partial charge on any atom is -0.467 e. The molecule has 0 spiro atoms. The van der Waals surface area contributed by atoms with E-state index in [-0.39, 0.29) is 0 Å².